The highest BCUT2D eigenvalue weighted by Crippen LogP contribution is 2.23. The minimum atomic E-state index is -3.78. The summed E-state index contributed by atoms with van der Waals surface area (Å²) in [5.41, 5.74) is 1.71. The third kappa shape index (κ3) is 4.42. The highest BCUT2D eigenvalue weighted by atomic mass is 32.2. The molecule has 2 aromatic carbocycles. The second-order valence-corrected chi connectivity index (χ2v) is 7.22. The van der Waals surface area contributed by atoms with E-state index >= 15 is 0 Å². The summed E-state index contributed by atoms with van der Waals surface area (Å²) in [6.07, 6.45) is 0.968. The van der Waals surface area contributed by atoms with Crippen LogP contribution in [-0.4, -0.2) is 20.1 Å². The molecule has 0 radical (unpaired) electrons. The van der Waals surface area contributed by atoms with Gasteiger partial charge in [0.2, 0.25) is 10.0 Å². The average molecular weight is 344 g/mol. The van der Waals surface area contributed by atoms with Crippen molar-refractivity contribution in [3.05, 3.63) is 65.2 Å². The van der Waals surface area contributed by atoms with Gasteiger partial charge in [-0.15, -0.1) is 0 Å². The van der Waals surface area contributed by atoms with Crippen LogP contribution in [0.1, 0.15) is 35.6 Å². The lowest BCUT2D eigenvalue weighted by Gasteiger charge is -2.20. The lowest BCUT2D eigenvalue weighted by molar-refractivity contribution is 0.278. The zero-order valence-electron chi connectivity index (χ0n) is 13.4. The molecule has 1 unspecified atom stereocenters. The Hall–Kier alpha value is -2.20. The maximum absolute atomic E-state index is 12.8. The van der Waals surface area contributed by atoms with Crippen LogP contribution < -0.4 is 4.72 Å². The van der Waals surface area contributed by atoms with Gasteiger partial charge in [0.15, 0.2) is 0 Å². The fourth-order valence-electron chi connectivity index (χ4n) is 2.48. The Labute approximate surface area is 142 Å². The summed E-state index contributed by atoms with van der Waals surface area (Å²) in [5.74, 6) is 0. The normalized spacial score (nSPS) is 12.5. The zero-order valence-corrected chi connectivity index (χ0v) is 14.3. The molecule has 0 heterocycles. The molecule has 2 aromatic rings. The van der Waals surface area contributed by atoms with Crippen molar-refractivity contribution in [1.82, 2.24) is 4.72 Å². The summed E-state index contributed by atoms with van der Waals surface area (Å²) >= 11 is 0. The summed E-state index contributed by atoms with van der Waals surface area (Å²) in [4.78, 5) is 0.103. The van der Waals surface area contributed by atoms with Crippen molar-refractivity contribution in [2.75, 3.05) is 6.61 Å². The summed E-state index contributed by atoms with van der Waals surface area (Å²) in [5, 5.41) is 18.1. The first-order chi connectivity index (χ1) is 11.5. The van der Waals surface area contributed by atoms with Crippen LogP contribution in [0.5, 0.6) is 0 Å². The quantitative estimate of drug-likeness (QED) is 0.808. The summed E-state index contributed by atoms with van der Waals surface area (Å²) in [6.45, 7) is 1.69. The third-order valence-corrected chi connectivity index (χ3v) is 5.37. The Morgan fingerprint density at radius 1 is 1.21 bits per heavy atom. The predicted molar refractivity (Wildman–Crippen MR) is 91.7 cm³/mol. The zero-order chi connectivity index (χ0) is 17.6. The SMILES string of the molecule is Cc1ccc(C#N)cc1S(=O)(=O)NC(CCCO)c1ccccc1. The molecule has 0 aliphatic carbocycles. The number of aliphatic hydroxyl groups excluding tert-OH is 1. The first-order valence-electron chi connectivity index (χ1n) is 7.67. The van der Waals surface area contributed by atoms with E-state index in [1.807, 2.05) is 36.4 Å². The topological polar surface area (TPSA) is 90.2 Å². The second-order valence-electron chi connectivity index (χ2n) is 5.54. The fraction of sp³-hybridized carbons (Fsp3) is 0.278. The van der Waals surface area contributed by atoms with Gasteiger partial charge in [0.1, 0.15) is 0 Å². The Bertz CT molecular complexity index is 827. The van der Waals surface area contributed by atoms with Crippen molar-refractivity contribution in [1.29, 1.82) is 5.26 Å². The van der Waals surface area contributed by atoms with Crippen molar-refractivity contribution >= 4 is 10.0 Å². The molecule has 0 saturated carbocycles. The van der Waals surface area contributed by atoms with Gasteiger partial charge in [0.05, 0.1) is 16.5 Å². The van der Waals surface area contributed by atoms with Crippen molar-refractivity contribution in [3.8, 4) is 6.07 Å². The van der Waals surface area contributed by atoms with Gasteiger partial charge in [-0.25, -0.2) is 13.1 Å². The molecule has 0 amide bonds. The monoisotopic (exact) mass is 344 g/mol. The summed E-state index contributed by atoms with van der Waals surface area (Å²) < 4.78 is 28.3. The number of hydrogen-bond donors (Lipinski definition) is 2. The van der Waals surface area contributed by atoms with Crippen LogP contribution in [0, 0.1) is 18.3 Å². The van der Waals surface area contributed by atoms with Gasteiger partial charge >= 0.3 is 0 Å². The van der Waals surface area contributed by atoms with Gasteiger partial charge in [-0.1, -0.05) is 36.4 Å². The van der Waals surface area contributed by atoms with Crippen LogP contribution in [0.2, 0.25) is 0 Å². The van der Waals surface area contributed by atoms with Gasteiger partial charge < -0.3 is 5.11 Å². The first-order valence-corrected chi connectivity index (χ1v) is 9.15. The molecule has 0 saturated heterocycles. The van der Waals surface area contributed by atoms with Gasteiger partial charge in [0, 0.05) is 12.6 Å². The largest absolute Gasteiger partial charge is 0.396 e. The van der Waals surface area contributed by atoms with Crippen molar-refractivity contribution in [2.24, 2.45) is 0 Å². The molecule has 0 aromatic heterocycles. The lowest BCUT2D eigenvalue weighted by Crippen LogP contribution is -2.29. The van der Waals surface area contributed by atoms with Crippen molar-refractivity contribution in [3.63, 3.8) is 0 Å². The highest BCUT2D eigenvalue weighted by Gasteiger charge is 2.23. The number of sulfonamides is 1. The van der Waals surface area contributed by atoms with Crippen molar-refractivity contribution < 1.29 is 13.5 Å². The van der Waals surface area contributed by atoms with Crippen LogP contribution >= 0.6 is 0 Å². The lowest BCUT2D eigenvalue weighted by atomic mass is 10.0. The number of nitrogens with zero attached hydrogens (tertiary/aromatic N) is 1. The van der Waals surface area contributed by atoms with Crippen molar-refractivity contribution in [2.45, 2.75) is 30.7 Å². The van der Waals surface area contributed by atoms with Gasteiger partial charge in [-0.3, -0.25) is 0 Å². The van der Waals surface area contributed by atoms with Crippen LogP contribution in [0.15, 0.2) is 53.4 Å². The van der Waals surface area contributed by atoms with E-state index in [2.05, 4.69) is 4.72 Å². The molecule has 0 spiro atoms. The predicted octanol–water partition coefficient (Wildman–Crippen LogP) is 2.66. The van der Waals surface area contributed by atoms with Crippen LogP contribution in [0.3, 0.4) is 0 Å². The number of nitrogens with one attached hydrogen (secondary N) is 1. The number of nitriles is 1. The number of aryl methyl sites for hydroxylation is 1. The van der Waals surface area contributed by atoms with E-state index in [1.54, 1.807) is 19.1 Å². The average Bonchev–Trinajstić information content (AvgIpc) is 2.59. The number of aliphatic hydroxyl groups is 1. The Morgan fingerprint density at radius 2 is 1.92 bits per heavy atom. The van der Waals surface area contributed by atoms with E-state index in [4.69, 9.17) is 10.4 Å². The van der Waals surface area contributed by atoms with Gasteiger partial charge in [-0.05, 0) is 43.0 Å². The first kappa shape index (κ1) is 18.1. The fourth-order valence-corrected chi connectivity index (χ4v) is 4.01. The molecule has 0 aliphatic rings. The number of benzene rings is 2. The van der Waals surface area contributed by atoms with Gasteiger partial charge in [0.25, 0.3) is 0 Å². The molecule has 5 nitrogen and oxygen atoms in total. The molecule has 2 N–H and O–H groups in total. The highest BCUT2D eigenvalue weighted by molar-refractivity contribution is 7.89. The molecule has 0 fully saturated rings. The molecule has 126 valence electrons. The molecule has 24 heavy (non-hydrogen) atoms. The van der Waals surface area contributed by atoms with E-state index in [9.17, 15) is 8.42 Å². The third-order valence-electron chi connectivity index (χ3n) is 3.76. The van der Waals surface area contributed by atoms with Crippen LogP contribution in [-0.2, 0) is 10.0 Å². The van der Waals surface area contributed by atoms with Crippen LogP contribution in [0.25, 0.3) is 0 Å². The minimum Gasteiger partial charge on any atom is -0.396 e. The summed E-state index contributed by atoms with van der Waals surface area (Å²) in [7, 11) is -3.78. The molecule has 2 rings (SSSR count). The molecular formula is C18H20N2O3S. The molecular weight excluding hydrogens is 324 g/mol. The number of rotatable bonds is 7. The smallest absolute Gasteiger partial charge is 0.241 e. The summed E-state index contributed by atoms with van der Waals surface area (Å²) in [6, 6.07) is 15.4. The maximum Gasteiger partial charge on any atom is 0.241 e. The van der Waals surface area contributed by atoms with E-state index in [0.717, 1.165) is 5.56 Å². The molecule has 0 aliphatic heterocycles. The second kappa shape index (κ2) is 8.06. The standard InChI is InChI=1S/C18H20N2O3S/c1-14-9-10-15(13-19)12-18(14)24(22,23)20-17(8-5-11-21)16-6-3-2-4-7-16/h2-4,6-7,9-10,12,17,20-21H,5,8,11H2,1H3. The van der Waals surface area contributed by atoms with Crippen LogP contribution in [0.4, 0.5) is 0 Å². The van der Waals surface area contributed by atoms with E-state index in [1.165, 1.54) is 6.07 Å². The maximum atomic E-state index is 12.8. The molecule has 1 atom stereocenters. The van der Waals surface area contributed by atoms with Gasteiger partial charge in [-0.2, -0.15) is 5.26 Å². The molecule has 0 bridgehead atoms. The number of hydrogen-bond acceptors (Lipinski definition) is 4. The Kier molecular flexibility index (Phi) is 6.10. The van der Waals surface area contributed by atoms with E-state index < -0.39 is 16.1 Å². The van der Waals surface area contributed by atoms with E-state index in [-0.39, 0.29) is 11.5 Å². The Morgan fingerprint density at radius 3 is 2.54 bits per heavy atom. The Balaban J connectivity index is 2.35. The molecule has 6 heteroatoms. The van der Waals surface area contributed by atoms with E-state index in [0.29, 0.717) is 24.0 Å². The minimum absolute atomic E-state index is 0.00595.